The second-order valence-corrected chi connectivity index (χ2v) is 5.85. The molecule has 0 radical (unpaired) electrons. The van der Waals surface area contributed by atoms with Crippen LogP contribution in [-0.4, -0.2) is 37.5 Å². The molecule has 2 rings (SSSR count). The summed E-state index contributed by atoms with van der Waals surface area (Å²) < 4.78 is 10.2. The number of carbonyl (C=O) groups is 2. The molecular formula is C20H24N2O4. The van der Waals surface area contributed by atoms with Crippen molar-refractivity contribution in [1.82, 2.24) is 10.2 Å². The Hall–Kier alpha value is -3.02. The summed E-state index contributed by atoms with van der Waals surface area (Å²) in [5, 5.41) is 2.83. The Morgan fingerprint density at radius 1 is 0.885 bits per heavy atom. The second kappa shape index (κ2) is 9.46. The van der Waals surface area contributed by atoms with Crippen molar-refractivity contribution in [2.75, 3.05) is 20.8 Å². The lowest BCUT2D eigenvalue weighted by Crippen LogP contribution is -2.39. The molecule has 0 saturated carbocycles. The molecule has 26 heavy (non-hydrogen) atoms. The van der Waals surface area contributed by atoms with Gasteiger partial charge < -0.3 is 19.7 Å². The van der Waals surface area contributed by atoms with E-state index in [1.165, 1.54) is 11.8 Å². The van der Waals surface area contributed by atoms with Gasteiger partial charge in [0.25, 0.3) is 0 Å². The summed E-state index contributed by atoms with van der Waals surface area (Å²) in [6, 6.07) is 14.9. The zero-order chi connectivity index (χ0) is 18.9. The van der Waals surface area contributed by atoms with E-state index in [9.17, 15) is 9.59 Å². The van der Waals surface area contributed by atoms with Gasteiger partial charge >= 0.3 is 0 Å². The van der Waals surface area contributed by atoms with Gasteiger partial charge in [-0.3, -0.25) is 9.59 Å². The molecule has 1 N–H and O–H groups in total. The van der Waals surface area contributed by atoms with Crippen molar-refractivity contribution in [2.45, 2.75) is 20.0 Å². The van der Waals surface area contributed by atoms with Gasteiger partial charge in [0.05, 0.1) is 20.8 Å². The maximum atomic E-state index is 12.2. The van der Waals surface area contributed by atoms with Crippen molar-refractivity contribution in [2.24, 2.45) is 0 Å². The van der Waals surface area contributed by atoms with E-state index in [0.29, 0.717) is 13.1 Å². The van der Waals surface area contributed by atoms with Crippen molar-refractivity contribution >= 4 is 11.8 Å². The number of benzene rings is 2. The number of ether oxygens (including phenoxy) is 2. The minimum Gasteiger partial charge on any atom is -0.497 e. The van der Waals surface area contributed by atoms with Crippen molar-refractivity contribution in [3.05, 3.63) is 59.7 Å². The number of rotatable bonds is 8. The Balaban J connectivity index is 1.88. The number of nitrogens with one attached hydrogen (secondary N) is 1. The molecule has 0 heterocycles. The highest BCUT2D eigenvalue weighted by molar-refractivity contribution is 5.83. The van der Waals surface area contributed by atoms with Gasteiger partial charge in [-0.05, 0) is 35.4 Å². The monoisotopic (exact) mass is 356 g/mol. The molecule has 6 nitrogen and oxygen atoms in total. The summed E-state index contributed by atoms with van der Waals surface area (Å²) in [6.07, 6.45) is 0. The maximum Gasteiger partial charge on any atom is 0.239 e. The first kappa shape index (κ1) is 19.3. The molecule has 0 saturated heterocycles. The predicted octanol–water partition coefficient (Wildman–Crippen LogP) is 2.37. The number of nitrogens with zero attached hydrogens (tertiary/aromatic N) is 1. The van der Waals surface area contributed by atoms with Crippen LogP contribution in [0.2, 0.25) is 0 Å². The SMILES string of the molecule is COc1ccc(CNC(=O)CN(Cc2ccc(OC)cc2)C(C)=O)cc1. The third-order valence-corrected chi connectivity index (χ3v) is 3.96. The summed E-state index contributed by atoms with van der Waals surface area (Å²) in [5.41, 5.74) is 1.90. The van der Waals surface area contributed by atoms with Crippen molar-refractivity contribution in [3.8, 4) is 11.5 Å². The molecule has 0 atom stereocenters. The van der Waals surface area contributed by atoms with Gasteiger partial charge in [0.1, 0.15) is 11.5 Å². The summed E-state index contributed by atoms with van der Waals surface area (Å²) in [5.74, 6) is 1.16. The number of methoxy groups -OCH3 is 2. The Morgan fingerprint density at radius 3 is 1.85 bits per heavy atom. The summed E-state index contributed by atoms with van der Waals surface area (Å²) in [7, 11) is 3.21. The van der Waals surface area contributed by atoms with E-state index in [4.69, 9.17) is 9.47 Å². The molecule has 2 aromatic carbocycles. The van der Waals surface area contributed by atoms with Crippen LogP contribution in [0.15, 0.2) is 48.5 Å². The average molecular weight is 356 g/mol. The number of hydrogen-bond acceptors (Lipinski definition) is 4. The highest BCUT2D eigenvalue weighted by Crippen LogP contribution is 2.13. The molecule has 0 aliphatic rings. The van der Waals surface area contributed by atoms with Gasteiger partial charge in [-0.15, -0.1) is 0 Å². The van der Waals surface area contributed by atoms with E-state index in [2.05, 4.69) is 5.32 Å². The van der Waals surface area contributed by atoms with Crippen LogP contribution in [-0.2, 0) is 22.7 Å². The second-order valence-electron chi connectivity index (χ2n) is 5.85. The first-order chi connectivity index (χ1) is 12.5. The quantitative estimate of drug-likeness (QED) is 0.788. The smallest absolute Gasteiger partial charge is 0.239 e. The van der Waals surface area contributed by atoms with Crippen LogP contribution in [0.3, 0.4) is 0 Å². The molecule has 0 aliphatic heterocycles. The van der Waals surface area contributed by atoms with Crippen LogP contribution in [0.25, 0.3) is 0 Å². The Kier molecular flexibility index (Phi) is 7.02. The summed E-state index contributed by atoms with van der Waals surface area (Å²) in [4.78, 5) is 25.6. The van der Waals surface area contributed by atoms with E-state index < -0.39 is 0 Å². The van der Waals surface area contributed by atoms with E-state index in [1.54, 1.807) is 14.2 Å². The van der Waals surface area contributed by atoms with E-state index >= 15 is 0 Å². The van der Waals surface area contributed by atoms with Gasteiger partial charge in [0.15, 0.2) is 0 Å². The predicted molar refractivity (Wildman–Crippen MR) is 98.9 cm³/mol. The van der Waals surface area contributed by atoms with Crippen LogP contribution >= 0.6 is 0 Å². The molecular weight excluding hydrogens is 332 g/mol. The first-order valence-electron chi connectivity index (χ1n) is 8.30. The van der Waals surface area contributed by atoms with Gasteiger partial charge in [-0.1, -0.05) is 24.3 Å². The molecule has 0 aromatic heterocycles. The Bertz CT molecular complexity index is 726. The topological polar surface area (TPSA) is 67.9 Å². The lowest BCUT2D eigenvalue weighted by molar-refractivity contribution is -0.135. The van der Waals surface area contributed by atoms with Crippen LogP contribution in [0.4, 0.5) is 0 Å². The fourth-order valence-electron chi connectivity index (χ4n) is 2.40. The van der Waals surface area contributed by atoms with Crippen LogP contribution in [0, 0.1) is 0 Å². The van der Waals surface area contributed by atoms with Gasteiger partial charge in [-0.25, -0.2) is 0 Å². The lowest BCUT2D eigenvalue weighted by Gasteiger charge is -2.21. The van der Waals surface area contributed by atoms with E-state index in [1.807, 2.05) is 48.5 Å². The average Bonchev–Trinajstić information content (AvgIpc) is 2.66. The third kappa shape index (κ3) is 5.81. The largest absolute Gasteiger partial charge is 0.497 e. The fraction of sp³-hybridized carbons (Fsp3) is 0.300. The molecule has 0 aliphatic carbocycles. The van der Waals surface area contributed by atoms with Crippen LogP contribution in [0.5, 0.6) is 11.5 Å². The van der Waals surface area contributed by atoms with Crippen molar-refractivity contribution < 1.29 is 19.1 Å². The maximum absolute atomic E-state index is 12.2. The van der Waals surface area contributed by atoms with Crippen molar-refractivity contribution in [1.29, 1.82) is 0 Å². The highest BCUT2D eigenvalue weighted by Gasteiger charge is 2.14. The summed E-state index contributed by atoms with van der Waals surface area (Å²) in [6.45, 7) is 2.24. The molecule has 0 unspecified atom stereocenters. The minimum atomic E-state index is -0.204. The molecule has 0 spiro atoms. The standard InChI is InChI=1S/C20H24N2O4/c1-15(23)22(13-17-6-10-19(26-3)11-7-17)14-20(24)21-12-16-4-8-18(25-2)9-5-16/h4-11H,12-14H2,1-3H3,(H,21,24). The van der Waals surface area contributed by atoms with Gasteiger partial charge in [0, 0.05) is 20.0 Å². The Labute approximate surface area is 153 Å². The highest BCUT2D eigenvalue weighted by atomic mass is 16.5. The molecule has 0 fully saturated rings. The van der Waals surface area contributed by atoms with Gasteiger partial charge in [0.2, 0.25) is 11.8 Å². The van der Waals surface area contributed by atoms with Crippen molar-refractivity contribution in [3.63, 3.8) is 0 Å². The lowest BCUT2D eigenvalue weighted by atomic mass is 10.2. The molecule has 138 valence electrons. The van der Waals surface area contributed by atoms with Crippen LogP contribution < -0.4 is 14.8 Å². The molecule has 0 bridgehead atoms. The third-order valence-electron chi connectivity index (χ3n) is 3.96. The molecule has 6 heteroatoms. The van der Waals surface area contributed by atoms with Gasteiger partial charge in [-0.2, -0.15) is 0 Å². The molecule has 2 aromatic rings. The molecule has 2 amide bonds. The summed E-state index contributed by atoms with van der Waals surface area (Å²) >= 11 is 0. The normalized spacial score (nSPS) is 10.1. The van der Waals surface area contributed by atoms with E-state index in [0.717, 1.165) is 22.6 Å². The minimum absolute atomic E-state index is 0.0114. The number of hydrogen-bond donors (Lipinski definition) is 1. The zero-order valence-electron chi connectivity index (χ0n) is 15.3. The van der Waals surface area contributed by atoms with E-state index in [-0.39, 0.29) is 18.4 Å². The number of amides is 2. The Morgan fingerprint density at radius 2 is 1.38 bits per heavy atom. The first-order valence-corrected chi connectivity index (χ1v) is 8.30. The fourth-order valence-corrected chi connectivity index (χ4v) is 2.40. The van der Waals surface area contributed by atoms with Crippen LogP contribution in [0.1, 0.15) is 18.1 Å². The zero-order valence-corrected chi connectivity index (χ0v) is 15.3. The number of carbonyl (C=O) groups excluding carboxylic acids is 2.